The Kier molecular flexibility index (Phi) is 6.76. The van der Waals surface area contributed by atoms with Crippen molar-refractivity contribution in [3.63, 3.8) is 0 Å². The molecule has 2 aromatic rings. The molecular weight excluding hydrogens is 372 g/mol. The van der Waals surface area contributed by atoms with E-state index in [1.54, 1.807) is 20.3 Å². The number of amidine groups is 1. The van der Waals surface area contributed by atoms with Gasteiger partial charge in [-0.25, -0.2) is 4.99 Å². The van der Waals surface area contributed by atoms with E-state index >= 15 is 0 Å². The van der Waals surface area contributed by atoms with Gasteiger partial charge in [-0.15, -0.1) is 0 Å². The lowest BCUT2D eigenvalue weighted by Gasteiger charge is -2.07. The molecule has 1 aliphatic rings. The zero-order valence-corrected chi connectivity index (χ0v) is 17.1. The Morgan fingerprint density at radius 2 is 1.89 bits per heavy atom. The second-order valence-electron chi connectivity index (χ2n) is 6.36. The lowest BCUT2D eigenvalue weighted by atomic mass is 10.1. The number of benzene rings is 2. The Bertz CT molecular complexity index is 904. The summed E-state index contributed by atoms with van der Waals surface area (Å²) in [6.45, 7) is 2.19. The number of thioether (sulfide) groups is 1. The zero-order valence-electron chi connectivity index (χ0n) is 16.3. The molecule has 1 heterocycles. The number of hydrogen-bond acceptors (Lipinski definition) is 5. The number of nitrogens with zero attached hydrogens (tertiary/aromatic N) is 1. The summed E-state index contributed by atoms with van der Waals surface area (Å²) in [5, 5.41) is 3.39. The van der Waals surface area contributed by atoms with Gasteiger partial charge in [0.15, 0.2) is 5.17 Å². The van der Waals surface area contributed by atoms with Gasteiger partial charge >= 0.3 is 0 Å². The molecule has 28 heavy (non-hydrogen) atoms. The number of ether oxygens (including phenoxy) is 2. The van der Waals surface area contributed by atoms with Gasteiger partial charge < -0.3 is 14.8 Å². The molecule has 3 rings (SSSR count). The number of unbranched alkanes of at least 4 members (excludes halogenated alkanes) is 1. The highest BCUT2D eigenvalue weighted by Gasteiger charge is 2.24. The molecule has 0 saturated carbocycles. The summed E-state index contributed by atoms with van der Waals surface area (Å²) in [5.74, 6) is 1.20. The molecule has 0 spiro atoms. The van der Waals surface area contributed by atoms with Crippen LogP contribution in [0.4, 0.5) is 5.69 Å². The van der Waals surface area contributed by atoms with Crippen molar-refractivity contribution in [2.75, 3.05) is 14.2 Å². The monoisotopic (exact) mass is 396 g/mol. The number of carbonyl (C=O) groups is 1. The van der Waals surface area contributed by atoms with Crippen LogP contribution in [-0.2, 0) is 11.2 Å². The van der Waals surface area contributed by atoms with E-state index in [1.807, 2.05) is 30.3 Å². The molecule has 0 bridgehead atoms. The molecule has 6 heteroatoms. The highest BCUT2D eigenvalue weighted by Crippen LogP contribution is 2.32. The number of amides is 1. The van der Waals surface area contributed by atoms with Gasteiger partial charge in [0.2, 0.25) is 0 Å². The minimum Gasteiger partial charge on any atom is -0.497 e. The summed E-state index contributed by atoms with van der Waals surface area (Å²) in [4.78, 5) is 17.5. The topological polar surface area (TPSA) is 59.9 Å². The molecule has 0 unspecified atom stereocenters. The van der Waals surface area contributed by atoms with Crippen LogP contribution < -0.4 is 14.8 Å². The highest BCUT2D eigenvalue weighted by molar-refractivity contribution is 8.18. The molecule has 1 saturated heterocycles. The van der Waals surface area contributed by atoms with E-state index < -0.39 is 0 Å². The third-order valence-electron chi connectivity index (χ3n) is 4.36. The average Bonchev–Trinajstić information content (AvgIpc) is 3.06. The zero-order chi connectivity index (χ0) is 19.9. The average molecular weight is 397 g/mol. The summed E-state index contributed by atoms with van der Waals surface area (Å²) in [6, 6.07) is 13.6. The fraction of sp³-hybridized carbons (Fsp3) is 0.273. The van der Waals surface area contributed by atoms with E-state index in [0.717, 1.165) is 17.7 Å². The van der Waals surface area contributed by atoms with Gasteiger partial charge in [-0.2, -0.15) is 0 Å². The molecule has 146 valence electrons. The highest BCUT2D eigenvalue weighted by atomic mass is 32.2. The normalized spacial score (nSPS) is 16.5. The summed E-state index contributed by atoms with van der Waals surface area (Å²) in [5.41, 5.74) is 2.91. The first-order chi connectivity index (χ1) is 13.6. The fourth-order valence-electron chi connectivity index (χ4n) is 2.81. The summed E-state index contributed by atoms with van der Waals surface area (Å²) < 4.78 is 10.6. The maximum atomic E-state index is 12.4. The predicted octanol–water partition coefficient (Wildman–Crippen LogP) is 4.94. The van der Waals surface area contributed by atoms with Crippen molar-refractivity contribution in [2.24, 2.45) is 4.99 Å². The van der Waals surface area contributed by atoms with E-state index in [0.29, 0.717) is 21.6 Å². The first kappa shape index (κ1) is 20.0. The van der Waals surface area contributed by atoms with Crippen molar-refractivity contribution >= 4 is 34.6 Å². The molecule has 1 N–H and O–H groups in total. The fourth-order valence-corrected chi connectivity index (χ4v) is 3.64. The number of aliphatic imine (C=N–C) groups is 1. The number of rotatable bonds is 7. The third kappa shape index (κ3) is 4.95. The van der Waals surface area contributed by atoms with Crippen LogP contribution in [-0.4, -0.2) is 25.3 Å². The molecule has 0 radical (unpaired) electrons. The number of carbonyl (C=O) groups excluding carboxylic acids is 1. The second kappa shape index (κ2) is 9.46. The molecule has 2 aromatic carbocycles. The standard InChI is InChI=1S/C22H24N2O3S/c1-4-5-6-15-7-9-17(10-8-15)23-22-24-21(25)20(28-22)14-16-13-18(26-2)11-12-19(16)27-3/h7-14H,4-6H2,1-3H3,(H,23,24,25)/b20-14-. The van der Waals surface area contributed by atoms with E-state index in [1.165, 1.54) is 30.2 Å². The first-order valence-electron chi connectivity index (χ1n) is 9.23. The van der Waals surface area contributed by atoms with Crippen LogP contribution >= 0.6 is 11.8 Å². The summed E-state index contributed by atoms with van der Waals surface area (Å²) in [6.07, 6.45) is 5.23. The molecule has 0 atom stereocenters. The number of aryl methyl sites for hydroxylation is 1. The van der Waals surface area contributed by atoms with Crippen LogP contribution in [0, 0.1) is 0 Å². The smallest absolute Gasteiger partial charge is 0.264 e. The molecule has 0 aliphatic carbocycles. The maximum Gasteiger partial charge on any atom is 0.264 e. The molecule has 1 amide bonds. The summed E-state index contributed by atoms with van der Waals surface area (Å²) >= 11 is 1.31. The Labute approximate surface area is 169 Å². The largest absolute Gasteiger partial charge is 0.497 e. The second-order valence-corrected chi connectivity index (χ2v) is 7.39. The van der Waals surface area contributed by atoms with Crippen LogP contribution in [0.1, 0.15) is 30.9 Å². The predicted molar refractivity (Wildman–Crippen MR) is 115 cm³/mol. The molecular formula is C22H24N2O3S. The lowest BCUT2D eigenvalue weighted by Crippen LogP contribution is -2.19. The van der Waals surface area contributed by atoms with Gasteiger partial charge in [0.1, 0.15) is 11.5 Å². The van der Waals surface area contributed by atoms with Crippen LogP contribution in [0.25, 0.3) is 6.08 Å². The van der Waals surface area contributed by atoms with E-state index in [2.05, 4.69) is 29.4 Å². The molecule has 1 aliphatic heterocycles. The van der Waals surface area contributed by atoms with Crippen molar-refractivity contribution in [3.05, 3.63) is 58.5 Å². The van der Waals surface area contributed by atoms with E-state index in [4.69, 9.17) is 9.47 Å². The van der Waals surface area contributed by atoms with Gasteiger partial charge in [-0.1, -0.05) is 25.5 Å². The lowest BCUT2D eigenvalue weighted by molar-refractivity contribution is -0.115. The molecule has 5 nitrogen and oxygen atoms in total. The molecule has 1 fully saturated rings. The van der Waals surface area contributed by atoms with E-state index in [9.17, 15) is 4.79 Å². The van der Waals surface area contributed by atoms with Crippen molar-refractivity contribution < 1.29 is 14.3 Å². The van der Waals surface area contributed by atoms with Crippen molar-refractivity contribution in [2.45, 2.75) is 26.2 Å². The van der Waals surface area contributed by atoms with Gasteiger partial charge in [-0.05, 0) is 66.6 Å². The van der Waals surface area contributed by atoms with Crippen molar-refractivity contribution in [1.82, 2.24) is 5.32 Å². The quantitative estimate of drug-likeness (QED) is 0.674. The Balaban J connectivity index is 1.78. The van der Waals surface area contributed by atoms with Crippen molar-refractivity contribution in [3.8, 4) is 11.5 Å². The number of hydrogen-bond donors (Lipinski definition) is 1. The Morgan fingerprint density at radius 3 is 2.57 bits per heavy atom. The third-order valence-corrected chi connectivity index (χ3v) is 5.27. The van der Waals surface area contributed by atoms with E-state index in [-0.39, 0.29) is 5.91 Å². The minimum atomic E-state index is -0.173. The van der Waals surface area contributed by atoms with Crippen LogP contribution in [0.2, 0.25) is 0 Å². The minimum absolute atomic E-state index is 0.173. The van der Waals surface area contributed by atoms with Crippen LogP contribution in [0.3, 0.4) is 0 Å². The number of methoxy groups -OCH3 is 2. The van der Waals surface area contributed by atoms with Gasteiger partial charge in [0, 0.05) is 5.56 Å². The Hall–Kier alpha value is -2.73. The SMILES string of the molecule is CCCCc1ccc(N=C2NC(=O)/C(=C/c3cc(OC)ccc3OC)S2)cc1. The van der Waals surface area contributed by atoms with Crippen LogP contribution in [0.15, 0.2) is 52.4 Å². The van der Waals surface area contributed by atoms with Gasteiger partial charge in [-0.3, -0.25) is 4.79 Å². The van der Waals surface area contributed by atoms with Crippen LogP contribution in [0.5, 0.6) is 11.5 Å². The van der Waals surface area contributed by atoms with Gasteiger partial charge in [0.25, 0.3) is 5.91 Å². The number of nitrogens with one attached hydrogen (secondary N) is 1. The first-order valence-corrected chi connectivity index (χ1v) is 10.0. The van der Waals surface area contributed by atoms with Crippen molar-refractivity contribution in [1.29, 1.82) is 0 Å². The van der Waals surface area contributed by atoms with Gasteiger partial charge in [0.05, 0.1) is 24.8 Å². The molecule has 0 aromatic heterocycles. The summed E-state index contributed by atoms with van der Waals surface area (Å²) in [7, 11) is 3.21. The Morgan fingerprint density at radius 1 is 1.11 bits per heavy atom. The maximum absolute atomic E-state index is 12.4.